The Hall–Kier alpha value is -0.730. The van der Waals surface area contributed by atoms with Gasteiger partial charge in [-0.15, -0.1) is 0 Å². The topological polar surface area (TPSA) is 38.3 Å². The normalized spacial score (nSPS) is 10.4. The van der Waals surface area contributed by atoms with E-state index in [-0.39, 0.29) is 6.09 Å². The van der Waals surface area contributed by atoms with E-state index in [0.29, 0.717) is 0 Å². The van der Waals surface area contributed by atoms with E-state index in [1.54, 1.807) is 0 Å². The quantitative estimate of drug-likeness (QED) is 0.610. The van der Waals surface area contributed by atoms with E-state index in [9.17, 15) is 4.79 Å². The number of ether oxygens (including phenoxy) is 1. The monoisotopic (exact) mass is 273 g/mol. The minimum Gasteiger partial charge on any atom is -0.444 e. The molecule has 3 heteroatoms. The summed E-state index contributed by atoms with van der Waals surface area (Å²) in [5, 5.41) is 2.78. The van der Waals surface area contributed by atoms with Crippen molar-refractivity contribution in [2.24, 2.45) is 0 Å². The molecule has 0 radical (unpaired) electrons. The highest BCUT2D eigenvalue weighted by molar-refractivity contribution is 5.67. The van der Waals surface area contributed by atoms with Gasteiger partial charge in [-0.3, -0.25) is 0 Å². The maximum absolute atomic E-state index is 11.3. The van der Waals surface area contributed by atoms with Gasteiger partial charge in [0.25, 0.3) is 0 Å². The molecule has 0 aromatic carbocycles. The standard InChI is InChI=1S/C14H29NO2.C2H6/c1-5-6-7-8-9-10-11-12-15-13(16)17-14(2,3)4;1-2/h5-12H2,1-4H3,(H,15,16);1-2H3. The zero-order chi connectivity index (χ0) is 15.1. The Labute approximate surface area is 120 Å². The van der Waals surface area contributed by atoms with Crippen LogP contribution in [0.15, 0.2) is 0 Å². The largest absolute Gasteiger partial charge is 0.444 e. The number of amides is 1. The fourth-order valence-electron chi connectivity index (χ4n) is 1.59. The van der Waals surface area contributed by atoms with Gasteiger partial charge in [0.15, 0.2) is 0 Å². The van der Waals surface area contributed by atoms with E-state index >= 15 is 0 Å². The van der Waals surface area contributed by atoms with Crippen molar-refractivity contribution in [1.82, 2.24) is 5.32 Å². The van der Waals surface area contributed by atoms with Crippen LogP contribution in [0.3, 0.4) is 0 Å². The van der Waals surface area contributed by atoms with Crippen LogP contribution in [0.25, 0.3) is 0 Å². The molecule has 116 valence electrons. The van der Waals surface area contributed by atoms with E-state index in [2.05, 4.69) is 12.2 Å². The minimum absolute atomic E-state index is 0.302. The highest BCUT2D eigenvalue weighted by Crippen LogP contribution is 2.07. The number of nitrogens with one attached hydrogen (secondary N) is 1. The second-order valence-corrected chi connectivity index (χ2v) is 5.55. The fourth-order valence-corrected chi connectivity index (χ4v) is 1.59. The molecule has 19 heavy (non-hydrogen) atoms. The van der Waals surface area contributed by atoms with Gasteiger partial charge in [0.05, 0.1) is 0 Å². The van der Waals surface area contributed by atoms with Crippen molar-refractivity contribution in [3.05, 3.63) is 0 Å². The van der Waals surface area contributed by atoms with Gasteiger partial charge in [0, 0.05) is 6.54 Å². The lowest BCUT2D eigenvalue weighted by atomic mass is 10.1. The second kappa shape index (κ2) is 13.7. The Morgan fingerprint density at radius 3 is 1.89 bits per heavy atom. The molecule has 1 amide bonds. The minimum atomic E-state index is -0.399. The van der Waals surface area contributed by atoms with Crippen molar-refractivity contribution < 1.29 is 9.53 Å². The number of rotatable bonds is 8. The van der Waals surface area contributed by atoms with Crippen LogP contribution in [0.4, 0.5) is 4.79 Å². The van der Waals surface area contributed by atoms with E-state index in [1.807, 2.05) is 34.6 Å². The van der Waals surface area contributed by atoms with Crippen LogP contribution in [-0.4, -0.2) is 18.2 Å². The lowest BCUT2D eigenvalue weighted by Gasteiger charge is -2.19. The van der Waals surface area contributed by atoms with Crippen LogP contribution in [0.2, 0.25) is 0 Å². The highest BCUT2D eigenvalue weighted by Gasteiger charge is 2.15. The Balaban J connectivity index is 0. The van der Waals surface area contributed by atoms with Crippen molar-refractivity contribution in [2.45, 2.75) is 92.1 Å². The van der Waals surface area contributed by atoms with E-state index in [4.69, 9.17) is 4.74 Å². The zero-order valence-corrected chi connectivity index (χ0v) is 14.0. The summed E-state index contributed by atoms with van der Waals surface area (Å²) in [5.41, 5.74) is -0.399. The molecule has 0 aliphatic rings. The molecule has 0 fully saturated rings. The summed E-state index contributed by atoms with van der Waals surface area (Å²) in [4.78, 5) is 11.3. The van der Waals surface area contributed by atoms with Gasteiger partial charge < -0.3 is 10.1 Å². The van der Waals surface area contributed by atoms with Gasteiger partial charge >= 0.3 is 6.09 Å². The van der Waals surface area contributed by atoms with E-state index in [1.165, 1.54) is 38.5 Å². The van der Waals surface area contributed by atoms with Gasteiger partial charge in [0.1, 0.15) is 5.60 Å². The van der Waals surface area contributed by atoms with Crippen LogP contribution < -0.4 is 5.32 Å². The zero-order valence-electron chi connectivity index (χ0n) is 14.0. The summed E-state index contributed by atoms with van der Waals surface area (Å²) in [6.45, 7) is 12.6. The summed E-state index contributed by atoms with van der Waals surface area (Å²) in [7, 11) is 0. The first-order valence-electron chi connectivity index (χ1n) is 7.92. The third-order valence-electron chi connectivity index (χ3n) is 2.45. The molecule has 0 heterocycles. The Kier molecular flexibility index (Phi) is 14.8. The first-order chi connectivity index (χ1) is 8.95. The summed E-state index contributed by atoms with van der Waals surface area (Å²) in [6, 6.07) is 0. The molecule has 0 spiro atoms. The predicted molar refractivity (Wildman–Crippen MR) is 83.6 cm³/mol. The molecule has 3 nitrogen and oxygen atoms in total. The number of alkyl carbamates (subject to hydrolysis) is 1. The molecule has 0 unspecified atom stereocenters. The van der Waals surface area contributed by atoms with Gasteiger partial charge in [-0.25, -0.2) is 4.79 Å². The number of carbonyl (C=O) groups is 1. The third kappa shape index (κ3) is 19.8. The Morgan fingerprint density at radius 1 is 0.947 bits per heavy atom. The van der Waals surface area contributed by atoms with Gasteiger partial charge in [-0.05, 0) is 27.2 Å². The van der Waals surface area contributed by atoms with Crippen LogP contribution in [-0.2, 0) is 4.74 Å². The number of hydrogen-bond donors (Lipinski definition) is 1. The average Bonchev–Trinajstić information content (AvgIpc) is 2.33. The van der Waals surface area contributed by atoms with Crippen LogP contribution in [0, 0.1) is 0 Å². The molecule has 0 saturated carbocycles. The van der Waals surface area contributed by atoms with Crippen molar-refractivity contribution in [2.75, 3.05) is 6.54 Å². The molecular formula is C16H35NO2. The number of unbranched alkanes of at least 4 members (excludes halogenated alkanes) is 6. The molecule has 0 rings (SSSR count). The molecule has 0 aliphatic carbocycles. The lowest BCUT2D eigenvalue weighted by Crippen LogP contribution is -2.32. The number of carbonyl (C=O) groups excluding carboxylic acids is 1. The van der Waals surface area contributed by atoms with E-state index in [0.717, 1.165) is 13.0 Å². The van der Waals surface area contributed by atoms with Crippen molar-refractivity contribution in [1.29, 1.82) is 0 Å². The van der Waals surface area contributed by atoms with Crippen LogP contribution in [0.5, 0.6) is 0 Å². The predicted octanol–water partition coefficient (Wildman–Crippen LogP) is 5.29. The van der Waals surface area contributed by atoms with Gasteiger partial charge in [0.2, 0.25) is 0 Å². The van der Waals surface area contributed by atoms with Crippen LogP contribution in [0.1, 0.15) is 86.5 Å². The fraction of sp³-hybridized carbons (Fsp3) is 0.938. The summed E-state index contributed by atoms with van der Waals surface area (Å²) >= 11 is 0. The van der Waals surface area contributed by atoms with Gasteiger partial charge in [-0.2, -0.15) is 0 Å². The second-order valence-electron chi connectivity index (χ2n) is 5.55. The highest BCUT2D eigenvalue weighted by atomic mass is 16.6. The smallest absolute Gasteiger partial charge is 0.407 e. The third-order valence-corrected chi connectivity index (χ3v) is 2.45. The molecule has 0 atom stereocenters. The van der Waals surface area contributed by atoms with Gasteiger partial charge in [-0.1, -0.05) is 59.3 Å². The summed E-state index contributed by atoms with van der Waals surface area (Å²) in [5.74, 6) is 0. The summed E-state index contributed by atoms with van der Waals surface area (Å²) in [6.07, 6.45) is 8.51. The molecule has 0 saturated heterocycles. The first-order valence-corrected chi connectivity index (χ1v) is 7.92. The van der Waals surface area contributed by atoms with Crippen molar-refractivity contribution in [3.63, 3.8) is 0 Å². The van der Waals surface area contributed by atoms with Crippen molar-refractivity contribution >= 4 is 6.09 Å². The molecule has 0 aliphatic heterocycles. The van der Waals surface area contributed by atoms with Crippen molar-refractivity contribution in [3.8, 4) is 0 Å². The van der Waals surface area contributed by atoms with E-state index < -0.39 is 5.60 Å². The molecule has 0 aromatic heterocycles. The SMILES string of the molecule is CC.CCCCCCCCCNC(=O)OC(C)(C)C. The van der Waals surface area contributed by atoms with Crippen LogP contribution >= 0.6 is 0 Å². The molecule has 1 N–H and O–H groups in total. The Morgan fingerprint density at radius 2 is 1.42 bits per heavy atom. The molecular weight excluding hydrogens is 238 g/mol. The maximum atomic E-state index is 11.3. The average molecular weight is 273 g/mol. The molecule has 0 bridgehead atoms. The Bertz CT molecular complexity index is 197. The number of hydrogen-bond acceptors (Lipinski definition) is 2. The summed E-state index contributed by atoms with van der Waals surface area (Å²) < 4.78 is 5.15. The first kappa shape index (κ1) is 20.6. The lowest BCUT2D eigenvalue weighted by molar-refractivity contribution is 0.0527. The maximum Gasteiger partial charge on any atom is 0.407 e. The molecule has 0 aromatic rings.